The lowest BCUT2D eigenvalue weighted by Crippen LogP contribution is -2.17. The smallest absolute Gasteiger partial charge is 0.264 e. The number of benzene rings is 1. The Hall–Kier alpha value is -2.13. The van der Waals surface area contributed by atoms with Gasteiger partial charge in [0.05, 0.1) is 16.3 Å². The van der Waals surface area contributed by atoms with Crippen LogP contribution in [-0.4, -0.2) is 28.6 Å². The molecule has 1 heterocycles. The topological polar surface area (TPSA) is 111 Å². The van der Waals surface area contributed by atoms with Gasteiger partial charge in [-0.1, -0.05) is 24.4 Å². The van der Waals surface area contributed by atoms with Crippen LogP contribution in [0.25, 0.3) is 0 Å². The lowest BCUT2D eigenvalue weighted by atomic mass is 10.2. The number of hydrogen-bond acceptors (Lipinski definition) is 6. The van der Waals surface area contributed by atoms with Gasteiger partial charge >= 0.3 is 0 Å². The average molecular weight is 323 g/mol. The largest absolute Gasteiger partial charge is 0.389 e. The van der Waals surface area contributed by atoms with E-state index in [9.17, 15) is 8.42 Å². The third-order valence-corrected chi connectivity index (χ3v) is 4.31. The van der Waals surface area contributed by atoms with Crippen LogP contribution in [0.5, 0.6) is 0 Å². The molecule has 110 valence electrons. The van der Waals surface area contributed by atoms with Crippen LogP contribution in [0, 0.1) is 13.8 Å². The fourth-order valence-electron chi connectivity index (χ4n) is 1.50. The van der Waals surface area contributed by atoms with E-state index in [1.165, 1.54) is 12.1 Å². The Balaban J connectivity index is 2.36. The monoisotopic (exact) mass is 323 g/mol. The maximum Gasteiger partial charge on any atom is 0.264 e. The van der Waals surface area contributed by atoms with Crippen LogP contribution in [0.1, 0.15) is 17.0 Å². The van der Waals surface area contributed by atoms with Crippen molar-refractivity contribution in [3.63, 3.8) is 0 Å². The van der Waals surface area contributed by atoms with Crippen LogP contribution in [0.2, 0.25) is 0 Å². The second-order valence-corrected chi connectivity index (χ2v) is 6.43. The van der Waals surface area contributed by atoms with Crippen molar-refractivity contribution in [2.45, 2.75) is 18.7 Å². The van der Waals surface area contributed by atoms with Crippen LogP contribution in [0.3, 0.4) is 0 Å². The van der Waals surface area contributed by atoms with Gasteiger partial charge in [-0.3, -0.25) is 0 Å². The molecule has 0 bridgehead atoms. The van der Waals surface area contributed by atoms with Gasteiger partial charge in [-0.05, 0) is 26.0 Å². The number of hydrogen-bond donors (Lipinski definition) is 2. The zero-order valence-corrected chi connectivity index (χ0v) is 13.0. The highest BCUT2D eigenvalue weighted by Crippen LogP contribution is 2.15. The summed E-state index contributed by atoms with van der Waals surface area (Å²) in [6.45, 7) is 3.45. The Morgan fingerprint density at radius 3 is 2.57 bits per heavy atom. The van der Waals surface area contributed by atoms with E-state index in [1.54, 1.807) is 26.0 Å². The van der Waals surface area contributed by atoms with E-state index in [0.29, 0.717) is 17.0 Å². The third kappa shape index (κ3) is 3.50. The number of nitrogens with two attached hydrogens (primary N) is 1. The molecule has 7 nitrogen and oxygen atoms in total. The fraction of sp³-hybridized carbons (Fsp3) is 0.167. The molecule has 0 atom stereocenters. The highest BCUT2D eigenvalue weighted by Gasteiger charge is 2.17. The maximum absolute atomic E-state index is 12.3. The summed E-state index contributed by atoms with van der Waals surface area (Å²) < 4.78 is 26.8. The molecule has 0 aliphatic carbocycles. The molecule has 0 radical (unpaired) electrons. The molecular weight excluding hydrogens is 310 g/mol. The Morgan fingerprint density at radius 1 is 1.24 bits per heavy atom. The van der Waals surface area contributed by atoms with E-state index in [1.807, 2.05) is 0 Å². The Bertz CT molecular complexity index is 805. The van der Waals surface area contributed by atoms with Gasteiger partial charge in [-0.2, -0.15) is 5.10 Å². The molecule has 9 heteroatoms. The minimum Gasteiger partial charge on any atom is -0.389 e. The number of aromatic nitrogens is 3. The summed E-state index contributed by atoms with van der Waals surface area (Å²) in [5.74, 6) is -0.0844. The van der Waals surface area contributed by atoms with E-state index >= 15 is 0 Å². The van der Waals surface area contributed by atoms with Crippen molar-refractivity contribution in [2.24, 2.45) is 5.73 Å². The minimum atomic E-state index is -3.83. The van der Waals surface area contributed by atoms with E-state index in [-0.39, 0.29) is 15.8 Å². The van der Waals surface area contributed by atoms with Crippen LogP contribution in [0.4, 0.5) is 5.95 Å². The van der Waals surface area contributed by atoms with Crippen molar-refractivity contribution < 1.29 is 8.42 Å². The van der Waals surface area contributed by atoms with Crippen LogP contribution in [0.15, 0.2) is 29.2 Å². The summed E-state index contributed by atoms with van der Waals surface area (Å²) in [7, 11) is -3.83. The van der Waals surface area contributed by atoms with Crippen LogP contribution < -0.4 is 10.5 Å². The van der Waals surface area contributed by atoms with Gasteiger partial charge in [0.1, 0.15) is 4.99 Å². The molecule has 1 aromatic heterocycles. The summed E-state index contributed by atoms with van der Waals surface area (Å²) in [6.07, 6.45) is 0. The lowest BCUT2D eigenvalue weighted by Gasteiger charge is -2.08. The summed E-state index contributed by atoms with van der Waals surface area (Å²) in [4.78, 5) is 4.17. The predicted molar refractivity (Wildman–Crippen MR) is 82.4 cm³/mol. The maximum atomic E-state index is 12.3. The molecule has 0 amide bonds. The van der Waals surface area contributed by atoms with Gasteiger partial charge in [-0.25, -0.2) is 18.1 Å². The second-order valence-electron chi connectivity index (χ2n) is 4.30. The zero-order valence-electron chi connectivity index (χ0n) is 11.4. The lowest BCUT2D eigenvalue weighted by molar-refractivity contribution is 0.600. The molecule has 0 fully saturated rings. The minimum absolute atomic E-state index is 0.0228. The van der Waals surface area contributed by atoms with Crippen molar-refractivity contribution in [2.75, 3.05) is 4.72 Å². The quantitative estimate of drug-likeness (QED) is 0.805. The fourth-order valence-corrected chi connectivity index (χ4v) is 2.61. The van der Waals surface area contributed by atoms with Gasteiger partial charge < -0.3 is 5.73 Å². The van der Waals surface area contributed by atoms with Gasteiger partial charge in [-0.15, -0.1) is 5.10 Å². The molecule has 0 unspecified atom stereocenters. The highest BCUT2D eigenvalue weighted by atomic mass is 32.2. The normalized spacial score (nSPS) is 11.1. The van der Waals surface area contributed by atoms with Crippen molar-refractivity contribution >= 4 is 33.2 Å². The van der Waals surface area contributed by atoms with E-state index in [4.69, 9.17) is 18.0 Å². The van der Waals surface area contributed by atoms with E-state index in [2.05, 4.69) is 19.9 Å². The number of anilines is 1. The summed E-state index contributed by atoms with van der Waals surface area (Å²) >= 11 is 4.83. The van der Waals surface area contributed by atoms with Gasteiger partial charge in [0, 0.05) is 5.56 Å². The SMILES string of the molecule is Cc1nnc(NS(=O)(=O)c2cccc(C(N)=S)c2)nc1C. The third-order valence-electron chi connectivity index (χ3n) is 2.75. The highest BCUT2D eigenvalue weighted by molar-refractivity contribution is 7.92. The van der Waals surface area contributed by atoms with Gasteiger partial charge in [0.2, 0.25) is 0 Å². The summed E-state index contributed by atoms with van der Waals surface area (Å²) in [5, 5.41) is 7.53. The Kier molecular flexibility index (Phi) is 4.14. The van der Waals surface area contributed by atoms with Gasteiger partial charge in [0.25, 0.3) is 16.0 Å². The van der Waals surface area contributed by atoms with Crippen molar-refractivity contribution in [1.82, 2.24) is 15.2 Å². The first-order valence-corrected chi connectivity index (χ1v) is 7.79. The number of sulfonamides is 1. The second kappa shape index (κ2) is 5.70. The molecule has 0 aliphatic heterocycles. The number of nitrogens with one attached hydrogen (secondary N) is 1. The van der Waals surface area contributed by atoms with Crippen molar-refractivity contribution in [3.05, 3.63) is 41.2 Å². The first-order valence-electron chi connectivity index (χ1n) is 5.90. The predicted octanol–water partition coefficient (Wildman–Crippen LogP) is 0.923. The average Bonchev–Trinajstić information content (AvgIpc) is 2.43. The Morgan fingerprint density at radius 2 is 1.95 bits per heavy atom. The van der Waals surface area contributed by atoms with Crippen molar-refractivity contribution in [3.8, 4) is 0 Å². The molecule has 21 heavy (non-hydrogen) atoms. The van der Waals surface area contributed by atoms with Crippen molar-refractivity contribution in [1.29, 1.82) is 0 Å². The molecule has 0 saturated carbocycles. The number of thiocarbonyl (C=S) groups is 1. The number of rotatable bonds is 4. The molecule has 0 saturated heterocycles. The molecule has 3 N–H and O–H groups in total. The molecule has 2 rings (SSSR count). The Labute approximate surface area is 127 Å². The summed E-state index contributed by atoms with van der Waals surface area (Å²) in [6, 6.07) is 6.01. The van der Waals surface area contributed by atoms with Gasteiger partial charge in [0.15, 0.2) is 0 Å². The molecule has 2 aromatic rings. The number of nitrogens with zero attached hydrogens (tertiary/aromatic N) is 3. The van der Waals surface area contributed by atoms with E-state index < -0.39 is 10.0 Å². The van der Waals surface area contributed by atoms with E-state index in [0.717, 1.165) is 0 Å². The molecule has 0 spiro atoms. The molecule has 1 aromatic carbocycles. The van der Waals surface area contributed by atoms with Crippen LogP contribution >= 0.6 is 12.2 Å². The zero-order chi connectivity index (χ0) is 15.6. The first-order chi connectivity index (χ1) is 9.79. The molecular formula is C12H13N5O2S2. The van der Waals surface area contributed by atoms with Crippen LogP contribution in [-0.2, 0) is 10.0 Å². The number of aryl methyl sites for hydroxylation is 2. The molecule has 0 aliphatic rings. The standard InChI is InChI=1S/C12H13N5O2S2/c1-7-8(2)15-16-12(14-7)17-21(18,19)10-5-3-4-9(6-10)11(13)20/h3-6H,1-2H3,(H2,13,20)(H,14,16,17). The first kappa shape index (κ1) is 15.3. The summed E-state index contributed by atoms with van der Waals surface area (Å²) in [5.41, 5.74) is 7.19.